The van der Waals surface area contributed by atoms with Crippen LogP contribution in [0.4, 0.5) is 5.69 Å². The highest BCUT2D eigenvalue weighted by atomic mass is 35.5. The first-order valence-electron chi connectivity index (χ1n) is 9.84. The van der Waals surface area contributed by atoms with E-state index in [0.717, 1.165) is 5.56 Å². The molecule has 172 valence electrons. The average molecular weight is 489 g/mol. The molecule has 3 aromatic carbocycles. The van der Waals surface area contributed by atoms with Gasteiger partial charge in [0.05, 0.1) is 41.1 Å². The number of nitrogens with one attached hydrogen (secondary N) is 1. The lowest BCUT2D eigenvalue weighted by atomic mass is 9.98. The van der Waals surface area contributed by atoms with Crippen LogP contribution in [0.3, 0.4) is 0 Å². The standard InChI is InChI=1S/C24H22Cl2N2O5/c1-32-19-11-10-17(27)22(33-2)20(19)14-8-6-13(7-9-14)12-18(24(30)31)28-23(29)21-15(25)4-3-5-16(21)26/h3-11,18H,12,27H2,1-2H3,(H,28,29)(H,30,31)/t18-/m0/s1. The van der Waals surface area contributed by atoms with Gasteiger partial charge in [0.2, 0.25) is 0 Å². The second-order valence-corrected chi connectivity index (χ2v) is 7.94. The molecule has 0 saturated carbocycles. The minimum absolute atomic E-state index is 0.0308. The van der Waals surface area contributed by atoms with E-state index in [1.165, 1.54) is 19.2 Å². The Morgan fingerprint density at radius 1 is 1.00 bits per heavy atom. The number of nitrogens with two attached hydrogens (primary N) is 1. The van der Waals surface area contributed by atoms with Crippen LogP contribution in [0.5, 0.6) is 11.5 Å². The molecule has 7 nitrogen and oxygen atoms in total. The summed E-state index contributed by atoms with van der Waals surface area (Å²) in [5.41, 5.74) is 8.68. The number of nitrogen functional groups attached to an aromatic ring is 1. The van der Waals surface area contributed by atoms with E-state index in [1.54, 1.807) is 49.6 Å². The van der Waals surface area contributed by atoms with Crippen molar-refractivity contribution in [3.63, 3.8) is 0 Å². The smallest absolute Gasteiger partial charge is 0.326 e. The number of carboxylic acid groups (broad SMARTS) is 1. The Labute approximate surface area is 201 Å². The Balaban J connectivity index is 1.84. The van der Waals surface area contributed by atoms with E-state index in [0.29, 0.717) is 28.3 Å². The molecular formula is C24H22Cl2N2O5. The molecule has 3 aromatic rings. The topological polar surface area (TPSA) is 111 Å². The van der Waals surface area contributed by atoms with Crippen LogP contribution in [0.25, 0.3) is 11.1 Å². The minimum atomic E-state index is -1.19. The van der Waals surface area contributed by atoms with Crippen molar-refractivity contribution in [3.05, 3.63) is 75.8 Å². The normalized spacial score (nSPS) is 11.5. The third-order valence-electron chi connectivity index (χ3n) is 5.05. The largest absolute Gasteiger partial charge is 0.496 e. The summed E-state index contributed by atoms with van der Waals surface area (Å²) in [5.74, 6) is -0.783. The summed E-state index contributed by atoms with van der Waals surface area (Å²) in [6.45, 7) is 0. The predicted octanol–water partition coefficient (Wildman–Crippen LogP) is 4.69. The second-order valence-electron chi connectivity index (χ2n) is 7.13. The van der Waals surface area contributed by atoms with Gasteiger partial charge in [0.15, 0.2) is 5.75 Å². The van der Waals surface area contributed by atoms with Gasteiger partial charge < -0.3 is 25.6 Å². The van der Waals surface area contributed by atoms with E-state index in [9.17, 15) is 14.7 Å². The van der Waals surface area contributed by atoms with Crippen LogP contribution in [0.2, 0.25) is 10.0 Å². The molecule has 0 saturated heterocycles. The van der Waals surface area contributed by atoms with E-state index in [2.05, 4.69) is 5.32 Å². The molecule has 0 aromatic heterocycles. The molecule has 9 heteroatoms. The van der Waals surface area contributed by atoms with Crippen molar-refractivity contribution in [2.75, 3.05) is 20.0 Å². The predicted molar refractivity (Wildman–Crippen MR) is 128 cm³/mol. The van der Waals surface area contributed by atoms with Gasteiger partial charge in [-0.2, -0.15) is 0 Å². The summed E-state index contributed by atoms with van der Waals surface area (Å²) in [4.78, 5) is 24.4. The zero-order valence-corrected chi connectivity index (χ0v) is 19.4. The fraction of sp³-hybridized carbons (Fsp3) is 0.167. The SMILES string of the molecule is COc1ccc(N)c(OC)c1-c1ccc(C[C@H](NC(=O)c2c(Cl)cccc2Cl)C(=O)O)cc1. The fourth-order valence-corrected chi connectivity index (χ4v) is 4.00. The number of carbonyl (C=O) groups is 2. The maximum absolute atomic E-state index is 12.6. The number of carboxylic acids is 1. The highest BCUT2D eigenvalue weighted by molar-refractivity contribution is 6.39. The highest BCUT2D eigenvalue weighted by Gasteiger charge is 2.24. The Morgan fingerprint density at radius 2 is 1.64 bits per heavy atom. The van der Waals surface area contributed by atoms with E-state index < -0.39 is 17.9 Å². The quantitative estimate of drug-likeness (QED) is 0.396. The number of amides is 1. The first-order valence-corrected chi connectivity index (χ1v) is 10.6. The van der Waals surface area contributed by atoms with Crippen LogP contribution in [0.1, 0.15) is 15.9 Å². The van der Waals surface area contributed by atoms with Gasteiger partial charge in [0, 0.05) is 6.42 Å². The maximum Gasteiger partial charge on any atom is 0.326 e. The molecule has 0 aliphatic carbocycles. The monoisotopic (exact) mass is 488 g/mol. The Bertz CT molecular complexity index is 1160. The summed E-state index contributed by atoms with van der Waals surface area (Å²) < 4.78 is 10.9. The van der Waals surface area contributed by atoms with Crippen molar-refractivity contribution < 1.29 is 24.2 Å². The lowest BCUT2D eigenvalue weighted by Crippen LogP contribution is -2.42. The third kappa shape index (κ3) is 5.32. The molecule has 0 unspecified atom stereocenters. The van der Waals surface area contributed by atoms with Crippen LogP contribution in [0.15, 0.2) is 54.6 Å². The first-order chi connectivity index (χ1) is 15.8. The summed E-state index contributed by atoms with van der Waals surface area (Å²) in [6.07, 6.45) is 0.0502. The molecule has 0 aliphatic heterocycles. The van der Waals surface area contributed by atoms with E-state index in [4.69, 9.17) is 38.4 Å². The van der Waals surface area contributed by atoms with Crippen molar-refractivity contribution in [3.8, 4) is 22.6 Å². The van der Waals surface area contributed by atoms with E-state index >= 15 is 0 Å². The number of benzene rings is 3. The zero-order valence-electron chi connectivity index (χ0n) is 17.9. The average Bonchev–Trinajstić information content (AvgIpc) is 2.78. The van der Waals surface area contributed by atoms with Crippen molar-refractivity contribution >= 4 is 40.8 Å². The maximum atomic E-state index is 12.6. The number of halogens is 2. The number of carbonyl (C=O) groups excluding carboxylic acids is 1. The minimum Gasteiger partial charge on any atom is -0.496 e. The zero-order chi connectivity index (χ0) is 24.1. The highest BCUT2D eigenvalue weighted by Crippen LogP contribution is 2.42. The summed E-state index contributed by atoms with van der Waals surface area (Å²) in [6, 6.07) is 14.0. The molecule has 0 fully saturated rings. The molecule has 0 aliphatic rings. The first kappa shape index (κ1) is 24.2. The van der Waals surface area contributed by atoms with Gasteiger partial charge in [-0.25, -0.2) is 4.79 Å². The van der Waals surface area contributed by atoms with Gasteiger partial charge in [-0.15, -0.1) is 0 Å². The van der Waals surface area contributed by atoms with Crippen LogP contribution in [0, 0.1) is 0 Å². The van der Waals surface area contributed by atoms with Gasteiger partial charge in [-0.05, 0) is 35.4 Å². The summed E-state index contributed by atoms with van der Waals surface area (Å²) in [7, 11) is 3.07. The fourth-order valence-electron chi connectivity index (χ4n) is 3.43. The number of ether oxygens (including phenoxy) is 2. The van der Waals surface area contributed by atoms with E-state index in [-0.39, 0.29) is 22.0 Å². The number of anilines is 1. The molecule has 0 bridgehead atoms. The number of aliphatic carboxylic acids is 1. The Kier molecular flexibility index (Phi) is 7.68. The number of rotatable bonds is 8. The Morgan fingerprint density at radius 3 is 2.18 bits per heavy atom. The molecule has 0 radical (unpaired) electrons. The van der Waals surface area contributed by atoms with Crippen LogP contribution >= 0.6 is 23.2 Å². The molecule has 33 heavy (non-hydrogen) atoms. The van der Waals surface area contributed by atoms with Crippen LogP contribution < -0.4 is 20.5 Å². The molecule has 1 atom stereocenters. The van der Waals surface area contributed by atoms with Crippen molar-refractivity contribution in [1.82, 2.24) is 5.32 Å². The summed E-state index contributed by atoms with van der Waals surface area (Å²) >= 11 is 12.1. The molecule has 1 amide bonds. The van der Waals surface area contributed by atoms with Gasteiger partial charge in [-0.1, -0.05) is 53.5 Å². The van der Waals surface area contributed by atoms with Crippen molar-refractivity contribution in [1.29, 1.82) is 0 Å². The Hall–Kier alpha value is -3.42. The van der Waals surface area contributed by atoms with Gasteiger partial charge in [0.1, 0.15) is 11.8 Å². The van der Waals surface area contributed by atoms with Crippen molar-refractivity contribution in [2.24, 2.45) is 0 Å². The van der Waals surface area contributed by atoms with Crippen LogP contribution in [-0.2, 0) is 11.2 Å². The lowest BCUT2D eigenvalue weighted by molar-refractivity contribution is -0.139. The van der Waals surface area contributed by atoms with Crippen molar-refractivity contribution in [2.45, 2.75) is 12.5 Å². The molecule has 0 heterocycles. The molecule has 0 spiro atoms. The molecule has 3 rings (SSSR count). The van der Waals surface area contributed by atoms with Gasteiger partial charge in [0.25, 0.3) is 5.91 Å². The van der Waals surface area contributed by atoms with E-state index in [1.807, 2.05) is 0 Å². The van der Waals surface area contributed by atoms with Gasteiger partial charge in [-0.3, -0.25) is 4.79 Å². The van der Waals surface area contributed by atoms with Gasteiger partial charge >= 0.3 is 5.97 Å². The number of methoxy groups -OCH3 is 2. The number of hydrogen-bond donors (Lipinski definition) is 3. The molecule has 4 N–H and O–H groups in total. The summed E-state index contributed by atoms with van der Waals surface area (Å²) in [5, 5.41) is 12.4. The number of hydrogen-bond acceptors (Lipinski definition) is 5. The molecular weight excluding hydrogens is 467 g/mol. The van der Waals surface area contributed by atoms with Crippen LogP contribution in [-0.4, -0.2) is 37.2 Å². The third-order valence-corrected chi connectivity index (χ3v) is 5.68. The second kappa shape index (κ2) is 10.5. The lowest BCUT2D eigenvalue weighted by Gasteiger charge is -2.17.